The predicted octanol–water partition coefficient (Wildman–Crippen LogP) is 2.07. The maximum atomic E-state index is 10.9. The Kier molecular flexibility index (Phi) is 3.57. The molecule has 4 heteroatoms. The van der Waals surface area contributed by atoms with Gasteiger partial charge in [-0.05, 0) is 30.2 Å². The first-order chi connectivity index (χ1) is 8.65. The van der Waals surface area contributed by atoms with Gasteiger partial charge < -0.3 is 10.5 Å². The molecule has 0 saturated carbocycles. The molecule has 1 aromatic carbocycles. The Morgan fingerprint density at radius 2 is 1.94 bits per heavy atom. The average Bonchev–Trinajstić information content (AvgIpc) is 2.38. The van der Waals surface area contributed by atoms with E-state index in [2.05, 4.69) is 4.98 Å². The summed E-state index contributed by atoms with van der Waals surface area (Å²) in [5, 5.41) is 0. The van der Waals surface area contributed by atoms with Crippen molar-refractivity contribution >= 4 is 5.91 Å². The van der Waals surface area contributed by atoms with Gasteiger partial charge in [-0.25, -0.2) is 4.98 Å². The number of carbonyl (C=O) groups is 1. The van der Waals surface area contributed by atoms with Gasteiger partial charge in [-0.15, -0.1) is 0 Å². The summed E-state index contributed by atoms with van der Waals surface area (Å²) in [6.45, 7) is 2.38. The van der Waals surface area contributed by atoms with Crippen LogP contribution >= 0.6 is 0 Å². The van der Waals surface area contributed by atoms with Crippen LogP contribution in [0.15, 0.2) is 42.6 Å². The molecule has 92 valence electrons. The number of carbonyl (C=O) groups excluding carboxylic acids is 1. The quantitative estimate of drug-likeness (QED) is 0.892. The summed E-state index contributed by atoms with van der Waals surface area (Å²) in [7, 11) is 0. The summed E-state index contributed by atoms with van der Waals surface area (Å²) in [6, 6.07) is 10.8. The number of pyridine rings is 1. The van der Waals surface area contributed by atoms with Gasteiger partial charge in [0, 0.05) is 17.8 Å². The van der Waals surface area contributed by atoms with E-state index in [0.717, 1.165) is 11.1 Å². The number of aryl methyl sites for hydroxylation is 1. The van der Waals surface area contributed by atoms with E-state index in [-0.39, 0.29) is 0 Å². The maximum absolute atomic E-state index is 10.9. The average molecular weight is 242 g/mol. The molecule has 0 bridgehead atoms. The molecule has 4 nitrogen and oxygen atoms in total. The fourth-order valence-electron chi connectivity index (χ4n) is 1.46. The lowest BCUT2D eigenvalue weighted by atomic mass is 10.1. The number of primary amides is 1. The second kappa shape index (κ2) is 5.31. The van der Waals surface area contributed by atoms with E-state index >= 15 is 0 Å². The van der Waals surface area contributed by atoms with Crippen molar-refractivity contribution in [3.05, 3.63) is 59.3 Å². The van der Waals surface area contributed by atoms with E-state index in [0.29, 0.717) is 18.1 Å². The molecule has 1 aromatic heterocycles. The van der Waals surface area contributed by atoms with Crippen LogP contribution in [-0.4, -0.2) is 10.9 Å². The van der Waals surface area contributed by atoms with Crippen LogP contribution in [0.1, 0.15) is 21.5 Å². The molecule has 0 aliphatic carbocycles. The largest absolute Gasteiger partial charge is 0.473 e. The molecule has 0 unspecified atom stereocenters. The fraction of sp³-hybridized carbons (Fsp3) is 0.143. The molecule has 0 radical (unpaired) electrons. The van der Waals surface area contributed by atoms with E-state index in [1.54, 1.807) is 18.3 Å². The van der Waals surface area contributed by atoms with Gasteiger partial charge in [0.25, 0.3) is 0 Å². The summed E-state index contributed by atoms with van der Waals surface area (Å²) >= 11 is 0. The van der Waals surface area contributed by atoms with Gasteiger partial charge in [0.1, 0.15) is 6.61 Å². The minimum atomic E-state index is -0.428. The molecule has 0 fully saturated rings. The van der Waals surface area contributed by atoms with Crippen molar-refractivity contribution in [3.8, 4) is 5.88 Å². The molecule has 1 amide bonds. The van der Waals surface area contributed by atoms with Gasteiger partial charge in [-0.1, -0.05) is 18.2 Å². The van der Waals surface area contributed by atoms with Gasteiger partial charge in [-0.2, -0.15) is 0 Å². The highest BCUT2D eigenvalue weighted by Crippen LogP contribution is 2.10. The van der Waals surface area contributed by atoms with Crippen LogP contribution in [0.25, 0.3) is 0 Å². The highest BCUT2D eigenvalue weighted by atomic mass is 16.5. The van der Waals surface area contributed by atoms with Crippen LogP contribution in [0.2, 0.25) is 0 Å². The Balaban J connectivity index is 1.97. The number of aromatic nitrogens is 1. The van der Waals surface area contributed by atoms with E-state index in [9.17, 15) is 4.79 Å². The lowest BCUT2D eigenvalue weighted by Crippen LogP contribution is -2.10. The number of ether oxygens (including phenoxy) is 1. The molecule has 0 spiro atoms. The summed E-state index contributed by atoms with van der Waals surface area (Å²) in [6.07, 6.45) is 1.76. The van der Waals surface area contributed by atoms with Crippen molar-refractivity contribution in [1.29, 1.82) is 0 Å². The number of nitrogens with two attached hydrogens (primary N) is 1. The molecule has 2 rings (SSSR count). The van der Waals surface area contributed by atoms with Crippen LogP contribution in [0.4, 0.5) is 0 Å². The van der Waals surface area contributed by atoms with E-state index in [1.807, 2.05) is 31.2 Å². The topological polar surface area (TPSA) is 65.2 Å². The molecular weight excluding hydrogens is 228 g/mol. The third kappa shape index (κ3) is 3.07. The van der Waals surface area contributed by atoms with Gasteiger partial charge >= 0.3 is 0 Å². The highest BCUT2D eigenvalue weighted by molar-refractivity contribution is 5.92. The summed E-state index contributed by atoms with van der Waals surface area (Å²) in [5.41, 5.74) is 7.71. The number of benzene rings is 1. The normalized spacial score (nSPS) is 10.1. The molecule has 2 N–H and O–H groups in total. The zero-order chi connectivity index (χ0) is 13.0. The second-order valence-corrected chi connectivity index (χ2v) is 4.02. The number of rotatable bonds is 4. The van der Waals surface area contributed by atoms with Crippen molar-refractivity contribution in [3.63, 3.8) is 0 Å². The van der Waals surface area contributed by atoms with Gasteiger partial charge in [0.2, 0.25) is 11.8 Å². The molecule has 0 atom stereocenters. The molecule has 18 heavy (non-hydrogen) atoms. The van der Waals surface area contributed by atoms with E-state index < -0.39 is 5.91 Å². The molecule has 1 heterocycles. The van der Waals surface area contributed by atoms with Crippen LogP contribution in [0, 0.1) is 6.92 Å². The van der Waals surface area contributed by atoms with Gasteiger partial charge in [-0.3, -0.25) is 4.79 Å². The predicted molar refractivity (Wildman–Crippen MR) is 68.3 cm³/mol. The summed E-state index contributed by atoms with van der Waals surface area (Å²) in [4.78, 5) is 15.0. The minimum Gasteiger partial charge on any atom is -0.473 e. The molecule has 0 aliphatic rings. The Hall–Kier alpha value is -2.36. The first kappa shape index (κ1) is 12.1. The minimum absolute atomic E-state index is 0.412. The Labute approximate surface area is 105 Å². The van der Waals surface area contributed by atoms with Crippen LogP contribution in [0.3, 0.4) is 0 Å². The third-order valence-electron chi connectivity index (χ3n) is 2.51. The van der Waals surface area contributed by atoms with E-state index in [4.69, 9.17) is 10.5 Å². The lowest BCUT2D eigenvalue weighted by molar-refractivity contribution is 0.1000. The van der Waals surface area contributed by atoms with Gasteiger partial charge in [0.15, 0.2) is 0 Å². The zero-order valence-electron chi connectivity index (χ0n) is 10.1. The monoisotopic (exact) mass is 242 g/mol. The van der Waals surface area contributed by atoms with E-state index in [1.165, 1.54) is 0 Å². The van der Waals surface area contributed by atoms with Crippen molar-refractivity contribution in [2.45, 2.75) is 13.5 Å². The van der Waals surface area contributed by atoms with Crippen LogP contribution in [-0.2, 0) is 6.61 Å². The smallest absolute Gasteiger partial charge is 0.248 e. The number of hydrogen-bond donors (Lipinski definition) is 1. The molecular formula is C14H14N2O2. The number of hydrogen-bond acceptors (Lipinski definition) is 3. The fourth-order valence-corrected chi connectivity index (χ4v) is 1.46. The number of nitrogens with zero attached hydrogens (tertiary/aromatic N) is 1. The lowest BCUT2D eigenvalue weighted by Gasteiger charge is -2.05. The second-order valence-electron chi connectivity index (χ2n) is 4.02. The zero-order valence-corrected chi connectivity index (χ0v) is 10.1. The number of amides is 1. The molecule has 0 aliphatic heterocycles. The first-order valence-electron chi connectivity index (χ1n) is 5.59. The first-order valence-corrected chi connectivity index (χ1v) is 5.59. The Morgan fingerprint density at radius 1 is 1.22 bits per heavy atom. The van der Waals surface area contributed by atoms with Crippen molar-refractivity contribution in [2.24, 2.45) is 5.73 Å². The SMILES string of the molecule is Cc1ccc(OCc2ccc(C(N)=O)cc2)nc1. The van der Waals surface area contributed by atoms with Crippen LogP contribution in [0.5, 0.6) is 5.88 Å². The molecule has 2 aromatic rings. The highest BCUT2D eigenvalue weighted by Gasteiger charge is 2.01. The van der Waals surface area contributed by atoms with Crippen LogP contribution < -0.4 is 10.5 Å². The summed E-state index contributed by atoms with van der Waals surface area (Å²) < 4.78 is 5.52. The van der Waals surface area contributed by atoms with Crippen molar-refractivity contribution in [1.82, 2.24) is 4.98 Å². The third-order valence-corrected chi connectivity index (χ3v) is 2.51. The van der Waals surface area contributed by atoms with Gasteiger partial charge in [0.05, 0.1) is 0 Å². The Morgan fingerprint density at radius 3 is 2.50 bits per heavy atom. The Bertz CT molecular complexity index is 533. The van der Waals surface area contributed by atoms with Crippen molar-refractivity contribution < 1.29 is 9.53 Å². The van der Waals surface area contributed by atoms with Crippen molar-refractivity contribution in [2.75, 3.05) is 0 Å². The maximum Gasteiger partial charge on any atom is 0.248 e. The standard InChI is InChI=1S/C14H14N2O2/c1-10-2-7-13(16-8-10)18-9-11-3-5-12(6-4-11)14(15)17/h2-8H,9H2,1H3,(H2,15,17). The summed E-state index contributed by atoms with van der Waals surface area (Å²) in [5.74, 6) is 0.155. The molecule has 0 saturated heterocycles.